The highest BCUT2D eigenvalue weighted by atomic mass is 16.5. The van der Waals surface area contributed by atoms with Crippen molar-refractivity contribution in [3.8, 4) is 5.69 Å². The Kier molecular flexibility index (Phi) is 4.83. The van der Waals surface area contributed by atoms with Crippen molar-refractivity contribution in [2.75, 3.05) is 13.1 Å². The monoisotopic (exact) mass is 329 g/mol. The molecule has 0 saturated carbocycles. The lowest BCUT2D eigenvalue weighted by atomic mass is 10.1. The Hall–Kier alpha value is -2.77. The molecule has 1 aromatic heterocycles. The number of tetrazole rings is 1. The third kappa shape index (κ3) is 3.58. The van der Waals surface area contributed by atoms with E-state index in [0.717, 1.165) is 38.0 Å². The van der Waals surface area contributed by atoms with E-state index in [9.17, 15) is 9.59 Å². The van der Waals surface area contributed by atoms with Crippen LogP contribution in [0, 0.1) is 0 Å². The van der Waals surface area contributed by atoms with E-state index in [0.29, 0.717) is 5.56 Å². The van der Waals surface area contributed by atoms with Gasteiger partial charge in [0.15, 0.2) is 6.10 Å². The minimum Gasteiger partial charge on any atom is -0.449 e. The summed E-state index contributed by atoms with van der Waals surface area (Å²) in [4.78, 5) is 26.3. The topological polar surface area (TPSA) is 90.2 Å². The molecule has 24 heavy (non-hydrogen) atoms. The van der Waals surface area contributed by atoms with Crippen molar-refractivity contribution in [2.24, 2.45) is 0 Å². The fraction of sp³-hybridized carbons (Fsp3) is 0.438. The second-order valence-corrected chi connectivity index (χ2v) is 5.73. The highest BCUT2D eigenvalue weighted by Gasteiger charge is 2.25. The number of hydrogen-bond acceptors (Lipinski definition) is 6. The number of carbonyl (C=O) groups excluding carboxylic acids is 2. The van der Waals surface area contributed by atoms with Crippen LogP contribution in [0.2, 0.25) is 0 Å². The lowest BCUT2D eigenvalue weighted by Gasteiger charge is -2.28. The first kappa shape index (κ1) is 16.1. The number of rotatable bonds is 4. The molecule has 0 bridgehead atoms. The van der Waals surface area contributed by atoms with Gasteiger partial charge in [0.05, 0.1) is 11.3 Å². The van der Waals surface area contributed by atoms with Crippen molar-refractivity contribution in [1.29, 1.82) is 0 Å². The quantitative estimate of drug-likeness (QED) is 0.784. The molecule has 0 unspecified atom stereocenters. The molecular formula is C16H19N5O3. The Morgan fingerprint density at radius 1 is 1.12 bits per heavy atom. The van der Waals surface area contributed by atoms with Crippen LogP contribution >= 0.6 is 0 Å². The predicted octanol–water partition coefficient (Wildman–Crippen LogP) is 1.22. The summed E-state index contributed by atoms with van der Waals surface area (Å²) in [5.74, 6) is -0.649. The van der Waals surface area contributed by atoms with E-state index >= 15 is 0 Å². The van der Waals surface area contributed by atoms with Gasteiger partial charge in [0, 0.05) is 13.1 Å². The number of piperidine rings is 1. The van der Waals surface area contributed by atoms with Gasteiger partial charge < -0.3 is 9.64 Å². The smallest absolute Gasteiger partial charge is 0.338 e. The van der Waals surface area contributed by atoms with Crippen LogP contribution in [0.3, 0.4) is 0 Å². The fourth-order valence-corrected chi connectivity index (χ4v) is 2.68. The van der Waals surface area contributed by atoms with Crippen LogP contribution < -0.4 is 0 Å². The maximum Gasteiger partial charge on any atom is 0.338 e. The molecule has 8 heteroatoms. The minimum absolute atomic E-state index is 0.131. The van der Waals surface area contributed by atoms with Crippen LogP contribution in [0.5, 0.6) is 0 Å². The first-order chi connectivity index (χ1) is 11.6. The summed E-state index contributed by atoms with van der Waals surface area (Å²) in [5.41, 5.74) is 1.11. The van der Waals surface area contributed by atoms with E-state index in [1.807, 2.05) is 0 Å². The summed E-state index contributed by atoms with van der Waals surface area (Å²) >= 11 is 0. The summed E-state index contributed by atoms with van der Waals surface area (Å²) < 4.78 is 6.79. The third-order valence-electron chi connectivity index (χ3n) is 4.02. The summed E-state index contributed by atoms with van der Waals surface area (Å²) in [7, 11) is 0. The predicted molar refractivity (Wildman–Crippen MR) is 84.5 cm³/mol. The van der Waals surface area contributed by atoms with Crippen molar-refractivity contribution in [3.05, 3.63) is 36.2 Å². The summed E-state index contributed by atoms with van der Waals surface area (Å²) in [6.07, 6.45) is 3.84. The number of amides is 1. The molecule has 1 fully saturated rings. The van der Waals surface area contributed by atoms with E-state index in [1.54, 1.807) is 36.1 Å². The maximum absolute atomic E-state index is 12.3. The highest BCUT2D eigenvalue weighted by molar-refractivity contribution is 5.92. The number of esters is 1. The number of likely N-dealkylation sites (tertiary alicyclic amines) is 1. The molecule has 3 rings (SSSR count). The molecule has 0 aliphatic carbocycles. The normalized spacial score (nSPS) is 15.8. The van der Waals surface area contributed by atoms with Crippen LogP contribution in [0.25, 0.3) is 5.69 Å². The van der Waals surface area contributed by atoms with E-state index in [2.05, 4.69) is 15.5 Å². The average molecular weight is 329 g/mol. The van der Waals surface area contributed by atoms with Gasteiger partial charge in [-0.05, 0) is 60.9 Å². The Bertz CT molecular complexity index is 693. The van der Waals surface area contributed by atoms with Gasteiger partial charge in [-0.25, -0.2) is 9.48 Å². The van der Waals surface area contributed by atoms with E-state index in [4.69, 9.17) is 4.74 Å². The molecule has 1 aliphatic rings. The van der Waals surface area contributed by atoms with Gasteiger partial charge in [-0.2, -0.15) is 0 Å². The lowest BCUT2D eigenvalue weighted by molar-refractivity contribution is -0.140. The van der Waals surface area contributed by atoms with E-state index in [-0.39, 0.29) is 5.91 Å². The van der Waals surface area contributed by atoms with E-state index in [1.165, 1.54) is 11.0 Å². The van der Waals surface area contributed by atoms with Gasteiger partial charge >= 0.3 is 5.97 Å². The number of benzene rings is 1. The van der Waals surface area contributed by atoms with Crippen molar-refractivity contribution < 1.29 is 14.3 Å². The molecule has 1 aliphatic heterocycles. The summed E-state index contributed by atoms with van der Waals surface area (Å²) in [6, 6.07) is 6.67. The SMILES string of the molecule is C[C@@H](OC(=O)c1ccc(-n2cnnn2)cc1)C(=O)N1CCCCC1. The number of ether oxygens (including phenoxy) is 1. The maximum atomic E-state index is 12.3. The highest BCUT2D eigenvalue weighted by Crippen LogP contribution is 2.13. The van der Waals surface area contributed by atoms with Crippen LogP contribution in [0.15, 0.2) is 30.6 Å². The van der Waals surface area contributed by atoms with E-state index < -0.39 is 12.1 Å². The largest absolute Gasteiger partial charge is 0.449 e. The zero-order chi connectivity index (χ0) is 16.9. The lowest BCUT2D eigenvalue weighted by Crippen LogP contribution is -2.42. The second-order valence-electron chi connectivity index (χ2n) is 5.73. The molecule has 126 valence electrons. The molecule has 2 aromatic rings. The molecular weight excluding hydrogens is 310 g/mol. The summed E-state index contributed by atoms with van der Waals surface area (Å²) in [6.45, 7) is 3.09. The van der Waals surface area contributed by atoms with Crippen molar-refractivity contribution in [3.63, 3.8) is 0 Å². The zero-order valence-corrected chi connectivity index (χ0v) is 13.5. The molecule has 1 saturated heterocycles. The van der Waals surface area contributed by atoms with Crippen molar-refractivity contribution in [2.45, 2.75) is 32.3 Å². The molecule has 1 atom stereocenters. The van der Waals surface area contributed by atoms with Crippen molar-refractivity contribution >= 4 is 11.9 Å². The van der Waals surface area contributed by atoms with Gasteiger partial charge in [0.25, 0.3) is 5.91 Å². The Morgan fingerprint density at radius 3 is 2.46 bits per heavy atom. The van der Waals surface area contributed by atoms with Crippen LogP contribution in [-0.4, -0.2) is 56.2 Å². The Morgan fingerprint density at radius 2 is 1.83 bits per heavy atom. The molecule has 8 nitrogen and oxygen atoms in total. The third-order valence-corrected chi connectivity index (χ3v) is 4.02. The number of nitrogens with zero attached hydrogens (tertiary/aromatic N) is 5. The standard InChI is InChI=1S/C16H19N5O3/c1-12(15(22)20-9-3-2-4-10-20)24-16(23)13-5-7-14(8-6-13)21-11-17-18-19-21/h5-8,11-12H,2-4,9-10H2,1H3/t12-/m1/s1. The zero-order valence-electron chi connectivity index (χ0n) is 13.5. The van der Waals surface area contributed by atoms with Gasteiger partial charge in [-0.1, -0.05) is 0 Å². The molecule has 0 N–H and O–H groups in total. The second kappa shape index (κ2) is 7.20. The first-order valence-corrected chi connectivity index (χ1v) is 7.98. The summed E-state index contributed by atoms with van der Waals surface area (Å²) in [5, 5.41) is 10.9. The average Bonchev–Trinajstić information content (AvgIpc) is 3.16. The Balaban J connectivity index is 1.60. The molecule has 1 aromatic carbocycles. The minimum atomic E-state index is -0.783. The van der Waals surface area contributed by atoms with Gasteiger partial charge in [-0.15, -0.1) is 5.10 Å². The number of carbonyl (C=O) groups is 2. The van der Waals surface area contributed by atoms with Crippen LogP contribution in [-0.2, 0) is 9.53 Å². The molecule has 0 radical (unpaired) electrons. The number of aromatic nitrogens is 4. The van der Waals surface area contributed by atoms with Gasteiger partial charge in [0.1, 0.15) is 6.33 Å². The fourth-order valence-electron chi connectivity index (χ4n) is 2.68. The first-order valence-electron chi connectivity index (χ1n) is 7.98. The molecule has 0 spiro atoms. The molecule has 1 amide bonds. The van der Waals surface area contributed by atoms with Gasteiger partial charge in [0.2, 0.25) is 0 Å². The Labute approximate surface area is 139 Å². The van der Waals surface area contributed by atoms with Crippen LogP contribution in [0.1, 0.15) is 36.5 Å². The van der Waals surface area contributed by atoms with Gasteiger partial charge in [-0.3, -0.25) is 4.79 Å². The number of hydrogen-bond donors (Lipinski definition) is 0. The molecule has 2 heterocycles. The van der Waals surface area contributed by atoms with Crippen LogP contribution in [0.4, 0.5) is 0 Å². The van der Waals surface area contributed by atoms with Crippen molar-refractivity contribution in [1.82, 2.24) is 25.1 Å².